The minimum Gasteiger partial charge on any atom is -0.480 e. The van der Waals surface area contributed by atoms with Crippen molar-refractivity contribution < 1.29 is 18.3 Å². The van der Waals surface area contributed by atoms with Crippen LogP contribution >= 0.6 is 0 Å². The topological polar surface area (TPSA) is 124 Å². The summed E-state index contributed by atoms with van der Waals surface area (Å²) in [5, 5.41) is 18.6. The van der Waals surface area contributed by atoms with Crippen molar-refractivity contribution in [3.05, 3.63) is 90.6 Å². The van der Waals surface area contributed by atoms with E-state index >= 15 is 0 Å². The highest BCUT2D eigenvalue weighted by molar-refractivity contribution is 7.89. The zero-order valence-corrected chi connectivity index (χ0v) is 17.7. The van der Waals surface area contributed by atoms with E-state index in [9.17, 15) is 18.3 Å². The van der Waals surface area contributed by atoms with Crippen molar-refractivity contribution in [3.63, 3.8) is 0 Å². The van der Waals surface area contributed by atoms with Gasteiger partial charge in [-0.15, -0.1) is 0 Å². The van der Waals surface area contributed by atoms with E-state index in [0.29, 0.717) is 16.9 Å². The number of aromatic nitrogens is 1. The van der Waals surface area contributed by atoms with Gasteiger partial charge in [0.05, 0.1) is 16.3 Å². The molecule has 0 spiro atoms. The van der Waals surface area contributed by atoms with Crippen LogP contribution in [0.3, 0.4) is 0 Å². The summed E-state index contributed by atoms with van der Waals surface area (Å²) in [6.45, 7) is 0. The Morgan fingerprint density at radius 2 is 1.53 bits per heavy atom. The maximum absolute atomic E-state index is 12.8. The Morgan fingerprint density at radius 1 is 0.906 bits per heavy atom. The maximum Gasteiger partial charge on any atom is 0.322 e. The Balaban J connectivity index is 1.50. The van der Waals surface area contributed by atoms with E-state index in [0.717, 1.165) is 10.9 Å². The van der Waals surface area contributed by atoms with Crippen LogP contribution in [0.15, 0.2) is 100 Å². The average molecular weight is 449 g/mol. The molecule has 9 heteroatoms. The smallest absolute Gasteiger partial charge is 0.322 e. The van der Waals surface area contributed by atoms with Gasteiger partial charge in [0, 0.05) is 23.5 Å². The minimum absolute atomic E-state index is 0.00193. The predicted octanol–water partition coefficient (Wildman–Crippen LogP) is 4.56. The predicted molar refractivity (Wildman–Crippen MR) is 121 cm³/mol. The molecule has 0 radical (unpaired) electrons. The van der Waals surface area contributed by atoms with Crippen LogP contribution in [0.1, 0.15) is 5.56 Å². The second-order valence-electron chi connectivity index (χ2n) is 7.11. The third kappa shape index (κ3) is 4.90. The lowest BCUT2D eigenvalue weighted by Crippen LogP contribution is -2.42. The highest BCUT2D eigenvalue weighted by Crippen LogP contribution is 2.22. The number of hydrogen-bond donors (Lipinski definition) is 3. The van der Waals surface area contributed by atoms with Crippen molar-refractivity contribution >= 4 is 38.3 Å². The highest BCUT2D eigenvalue weighted by Gasteiger charge is 2.26. The molecule has 0 amide bonds. The molecule has 0 saturated heterocycles. The van der Waals surface area contributed by atoms with E-state index in [1.807, 2.05) is 42.5 Å². The molecule has 0 fully saturated rings. The molecular formula is C23H20N4O4S. The van der Waals surface area contributed by atoms with Gasteiger partial charge in [0.15, 0.2) is 0 Å². The number of carboxylic acid groups (broad SMARTS) is 1. The Bertz CT molecular complexity index is 1360. The fourth-order valence-corrected chi connectivity index (χ4v) is 4.45. The van der Waals surface area contributed by atoms with Gasteiger partial charge in [-0.3, -0.25) is 4.79 Å². The van der Waals surface area contributed by atoms with Crippen LogP contribution < -0.4 is 4.72 Å². The van der Waals surface area contributed by atoms with Crippen LogP contribution in [0, 0.1) is 0 Å². The molecule has 3 aromatic carbocycles. The molecule has 4 rings (SSSR count). The van der Waals surface area contributed by atoms with E-state index in [1.165, 1.54) is 24.3 Å². The van der Waals surface area contributed by atoms with Crippen LogP contribution in [0.4, 0.5) is 11.4 Å². The quantitative estimate of drug-likeness (QED) is 0.342. The summed E-state index contributed by atoms with van der Waals surface area (Å²) in [7, 11) is -4.06. The number of benzene rings is 3. The molecule has 0 aliphatic carbocycles. The molecule has 8 nitrogen and oxygen atoms in total. The summed E-state index contributed by atoms with van der Waals surface area (Å²) >= 11 is 0. The zero-order chi connectivity index (χ0) is 22.6. The first-order valence-corrected chi connectivity index (χ1v) is 11.3. The van der Waals surface area contributed by atoms with Gasteiger partial charge in [-0.05, 0) is 48.0 Å². The van der Waals surface area contributed by atoms with Crippen LogP contribution in [-0.4, -0.2) is 30.5 Å². The van der Waals surface area contributed by atoms with Crippen molar-refractivity contribution in [2.45, 2.75) is 17.4 Å². The molecule has 1 atom stereocenters. The monoisotopic (exact) mass is 448 g/mol. The van der Waals surface area contributed by atoms with Crippen LogP contribution in [0.25, 0.3) is 10.9 Å². The Morgan fingerprint density at radius 3 is 2.22 bits per heavy atom. The summed E-state index contributed by atoms with van der Waals surface area (Å²) in [5.74, 6) is -1.26. The van der Waals surface area contributed by atoms with Gasteiger partial charge in [0.25, 0.3) is 0 Å². The Labute approximate surface area is 184 Å². The lowest BCUT2D eigenvalue weighted by atomic mass is 10.1. The lowest BCUT2D eigenvalue weighted by molar-refractivity contribution is -0.138. The molecule has 0 saturated carbocycles. The van der Waals surface area contributed by atoms with Gasteiger partial charge in [-0.1, -0.05) is 36.4 Å². The number of H-pyrrole nitrogens is 1. The lowest BCUT2D eigenvalue weighted by Gasteiger charge is -2.14. The average Bonchev–Trinajstić information content (AvgIpc) is 3.21. The zero-order valence-electron chi connectivity index (χ0n) is 16.8. The number of fused-ring (bicyclic) bond motifs is 1. The normalized spacial score (nSPS) is 12.9. The standard InChI is InChI=1S/C23H20N4O4S/c28-23(29)22(14-16-15-24-21-9-5-4-8-20(16)21)27-32(30,31)19-12-10-18(11-13-19)26-25-17-6-2-1-3-7-17/h1-13,15,22,24,27H,14H2,(H,28,29)/t22-/m1/s1. The molecule has 1 heterocycles. The fraction of sp³-hybridized carbons (Fsp3) is 0.0870. The third-order valence-corrected chi connectivity index (χ3v) is 6.37. The third-order valence-electron chi connectivity index (χ3n) is 4.88. The van der Waals surface area contributed by atoms with Gasteiger partial charge in [-0.2, -0.15) is 15.0 Å². The van der Waals surface area contributed by atoms with Crippen LogP contribution in [-0.2, 0) is 21.2 Å². The number of aliphatic carboxylic acids is 1. The number of rotatable bonds is 8. The highest BCUT2D eigenvalue weighted by atomic mass is 32.2. The van der Waals surface area contributed by atoms with E-state index in [2.05, 4.69) is 19.9 Å². The van der Waals surface area contributed by atoms with Gasteiger partial charge in [-0.25, -0.2) is 8.42 Å². The molecule has 1 aromatic heterocycles. The number of sulfonamides is 1. The number of carbonyl (C=O) groups is 1. The van der Waals surface area contributed by atoms with E-state index in [-0.39, 0.29) is 11.3 Å². The number of azo groups is 1. The van der Waals surface area contributed by atoms with Crippen molar-refractivity contribution in [2.75, 3.05) is 0 Å². The summed E-state index contributed by atoms with van der Waals surface area (Å²) < 4.78 is 27.9. The number of nitrogens with one attached hydrogen (secondary N) is 2. The summed E-state index contributed by atoms with van der Waals surface area (Å²) in [6.07, 6.45) is 1.70. The van der Waals surface area contributed by atoms with E-state index in [1.54, 1.807) is 18.3 Å². The largest absolute Gasteiger partial charge is 0.480 e. The molecular weight excluding hydrogens is 428 g/mol. The second-order valence-corrected chi connectivity index (χ2v) is 8.82. The van der Waals surface area contributed by atoms with Crippen LogP contribution in [0.2, 0.25) is 0 Å². The van der Waals surface area contributed by atoms with Crippen molar-refractivity contribution in [1.29, 1.82) is 0 Å². The summed E-state index contributed by atoms with van der Waals surface area (Å²) in [5.41, 5.74) is 2.72. The molecule has 0 bridgehead atoms. The molecule has 162 valence electrons. The first kappa shape index (κ1) is 21.4. The van der Waals surface area contributed by atoms with E-state index in [4.69, 9.17) is 0 Å². The maximum atomic E-state index is 12.8. The number of aromatic amines is 1. The second kappa shape index (κ2) is 9.13. The molecule has 32 heavy (non-hydrogen) atoms. The molecule has 4 aromatic rings. The summed E-state index contributed by atoms with van der Waals surface area (Å²) in [6, 6.07) is 21.0. The molecule has 0 unspecified atom stereocenters. The van der Waals surface area contributed by atoms with Crippen molar-refractivity contribution in [3.8, 4) is 0 Å². The molecule has 3 N–H and O–H groups in total. The Hall–Kier alpha value is -3.82. The number of nitrogens with zero attached hydrogens (tertiary/aromatic N) is 2. The minimum atomic E-state index is -4.06. The Kier molecular flexibility index (Phi) is 6.11. The summed E-state index contributed by atoms with van der Waals surface area (Å²) in [4.78, 5) is 14.8. The first-order chi connectivity index (χ1) is 15.4. The molecule has 0 aliphatic rings. The fourth-order valence-electron chi connectivity index (χ4n) is 3.26. The van der Waals surface area contributed by atoms with Crippen molar-refractivity contribution in [2.24, 2.45) is 10.2 Å². The van der Waals surface area contributed by atoms with Gasteiger partial charge in [0.2, 0.25) is 10.0 Å². The first-order valence-electron chi connectivity index (χ1n) is 9.79. The number of carboxylic acids is 1. The number of para-hydroxylation sites is 1. The van der Waals surface area contributed by atoms with Gasteiger partial charge >= 0.3 is 5.97 Å². The van der Waals surface area contributed by atoms with Gasteiger partial charge < -0.3 is 10.1 Å². The number of hydrogen-bond acceptors (Lipinski definition) is 5. The van der Waals surface area contributed by atoms with Crippen molar-refractivity contribution in [1.82, 2.24) is 9.71 Å². The van der Waals surface area contributed by atoms with E-state index < -0.39 is 22.0 Å². The molecule has 0 aliphatic heterocycles. The SMILES string of the molecule is O=C(O)[C@@H](Cc1c[nH]c2ccccc12)NS(=O)(=O)c1ccc(N=Nc2ccccc2)cc1. The van der Waals surface area contributed by atoms with Gasteiger partial charge in [0.1, 0.15) is 6.04 Å². The van der Waals surface area contributed by atoms with Crippen LogP contribution in [0.5, 0.6) is 0 Å².